The normalized spacial score (nSPS) is 10.0. The predicted molar refractivity (Wildman–Crippen MR) is 78.5 cm³/mol. The average molecular weight is 319 g/mol. The molecule has 0 radical (unpaired) electrons. The van der Waals surface area contributed by atoms with Crippen molar-refractivity contribution < 1.29 is 19.1 Å². The molecule has 0 aliphatic rings. The highest BCUT2D eigenvalue weighted by Gasteiger charge is 2.14. The van der Waals surface area contributed by atoms with Crippen LogP contribution in [0.15, 0.2) is 30.7 Å². The maximum atomic E-state index is 11.9. The monoisotopic (exact) mass is 319 g/mol. The van der Waals surface area contributed by atoms with Gasteiger partial charge in [0.1, 0.15) is 0 Å². The number of Topliss-reactive ketones (excluding diaryl/α,β-unsaturated/α-hetero) is 1. The van der Waals surface area contributed by atoms with E-state index in [1.165, 1.54) is 36.9 Å². The van der Waals surface area contributed by atoms with E-state index in [1.54, 1.807) is 12.1 Å². The number of ether oxygens (including phenoxy) is 1. The Morgan fingerprint density at radius 2 is 2.09 bits per heavy atom. The molecule has 0 aromatic carbocycles. The number of hydrogen-bond donors (Lipinski definition) is 1. The summed E-state index contributed by atoms with van der Waals surface area (Å²) >= 11 is 1.25. The number of ketones is 1. The summed E-state index contributed by atoms with van der Waals surface area (Å²) in [5.41, 5.74) is 0.0489. The van der Waals surface area contributed by atoms with Crippen molar-refractivity contribution in [3.63, 3.8) is 0 Å². The van der Waals surface area contributed by atoms with Crippen molar-refractivity contribution in [2.24, 2.45) is 0 Å². The van der Waals surface area contributed by atoms with Crippen LogP contribution in [0.4, 0.5) is 0 Å². The summed E-state index contributed by atoms with van der Waals surface area (Å²) in [5, 5.41) is 2.65. The van der Waals surface area contributed by atoms with E-state index in [4.69, 9.17) is 4.74 Å². The minimum Gasteiger partial charge on any atom is -0.452 e. The first-order chi connectivity index (χ1) is 10.6. The van der Waals surface area contributed by atoms with Gasteiger partial charge in [-0.15, -0.1) is 11.3 Å². The van der Waals surface area contributed by atoms with Crippen LogP contribution in [0.1, 0.15) is 32.0 Å². The maximum Gasteiger partial charge on any atom is 0.358 e. The lowest BCUT2D eigenvalue weighted by atomic mass is 10.3. The number of carbonyl (C=O) groups excluding carboxylic acids is 3. The molecule has 0 aliphatic heterocycles. The smallest absolute Gasteiger partial charge is 0.358 e. The van der Waals surface area contributed by atoms with Crippen molar-refractivity contribution in [2.75, 3.05) is 6.61 Å². The lowest BCUT2D eigenvalue weighted by Gasteiger charge is -2.02. The van der Waals surface area contributed by atoms with Crippen LogP contribution in [-0.2, 0) is 16.1 Å². The van der Waals surface area contributed by atoms with Gasteiger partial charge in [0, 0.05) is 24.2 Å². The van der Waals surface area contributed by atoms with Gasteiger partial charge < -0.3 is 10.1 Å². The summed E-state index contributed by atoms with van der Waals surface area (Å²) in [6.07, 6.45) is 4.07. The second-order valence-corrected chi connectivity index (χ2v) is 5.43. The Bertz CT molecular complexity index is 684. The molecule has 0 unspecified atom stereocenters. The van der Waals surface area contributed by atoms with Gasteiger partial charge >= 0.3 is 5.97 Å². The zero-order valence-corrected chi connectivity index (χ0v) is 12.6. The lowest BCUT2D eigenvalue weighted by Crippen LogP contribution is -2.18. The zero-order chi connectivity index (χ0) is 15.9. The van der Waals surface area contributed by atoms with Crippen molar-refractivity contribution in [3.05, 3.63) is 46.2 Å². The number of aromatic nitrogens is 2. The quantitative estimate of drug-likeness (QED) is 0.635. The molecule has 114 valence electrons. The largest absolute Gasteiger partial charge is 0.452 e. The fraction of sp³-hybridized carbons (Fsp3) is 0.214. The third-order valence-electron chi connectivity index (χ3n) is 2.55. The zero-order valence-electron chi connectivity index (χ0n) is 11.7. The second-order valence-electron chi connectivity index (χ2n) is 4.27. The van der Waals surface area contributed by atoms with E-state index in [2.05, 4.69) is 15.3 Å². The van der Waals surface area contributed by atoms with Crippen molar-refractivity contribution in [1.82, 2.24) is 15.3 Å². The van der Waals surface area contributed by atoms with Gasteiger partial charge in [-0.2, -0.15) is 0 Å². The Labute approximate surface area is 130 Å². The third-order valence-corrected chi connectivity index (χ3v) is 3.68. The van der Waals surface area contributed by atoms with Crippen LogP contribution in [0.25, 0.3) is 0 Å². The van der Waals surface area contributed by atoms with E-state index < -0.39 is 5.97 Å². The molecule has 2 aromatic rings. The molecule has 0 bridgehead atoms. The summed E-state index contributed by atoms with van der Waals surface area (Å²) < 4.78 is 4.90. The van der Waals surface area contributed by atoms with Gasteiger partial charge in [-0.3, -0.25) is 14.6 Å². The standard InChI is InChI=1S/C14H13N3O4S/c1-9(18)17-6-10-2-3-13(22-10)12(19)8-21-14(20)11-7-15-4-5-16-11/h2-5,7H,6,8H2,1H3,(H,17,18). The highest BCUT2D eigenvalue weighted by molar-refractivity contribution is 7.14. The summed E-state index contributed by atoms with van der Waals surface area (Å²) in [6.45, 7) is 1.42. The number of rotatable bonds is 6. The molecule has 8 heteroatoms. The molecule has 22 heavy (non-hydrogen) atoms. The lowest BCUT2D eigenvalue weighted by molar-refractivity contribution is -0.119. The van der Waals surface area contributed by atoms with Gasteiger partial charge in [-0.1, -0.05) is 0 Å². The molecule has 0 saturated carbocycles. The molecule has 1 N–H and O–H groups in total. The van der Waals surface area contributed by atoms with E-state index >= 15 is 0 Å². The summed E-state index contributed by atoms with van der Waals surface area (Å²) in [5.74, 6) is -1.15. The highest BCUT2D eigenvalue weighted by Crippen LogP contribution is 2.17. The third kappa shape index (κ3) is 4.45. The van der Waals surface area contributed by atoms with Crippen LogP contribution < -0.4 is 5.32 Å². The van der Waals surface area contributed by atoms with E-state index in [0.29, 0.717) is 11.4 Å². The van der Waals surface area contributed by atoms with Gasteiger partial charge in [-0.25, -0.2) is 9.78 Å². The first-order valence-corrected chi connectivity index (χ1v) is 7.17. The van der Waals surface area contributed by atoms with Gasteiger partial charge in [0.2, 0.25) is 11.7 Å². The minimum atomic E-state index is -0.698. The van der Waals surface area contributed by atoms with Gasteiger partial charge in [0.05, 0.1) is 17.6 Å². The van der Waals surface area contributed by atoms with Crippen LogP contribution in [0, 0.1) is 0 Å². The molecule has 2 aromatic heterocycles. The highest BCUT2D eigenvalue weighted by atomic mass is 32.1. The number of hydrogen-bond acceptors (Lipinski definition) is 7. The number of nitrogens with zero attached hydrogens (tertiary/aromatic N) is 2. The Balaban J connectivity index is 1.87. The van der Waals surface area contributed by atoms with Crippen LogP contribution in [0.2, 0.25) is 0 Å². The van der Waals surface area contributed by atoms with Crippen molar-refractivity contribution in [2.45, 2.75) is 13.5 Å². The Hall–Kier alpha value is -2.61. The van der Waals surface area contributed by atoms with Crippen LogP contribution in [0.5, 0.6) is 0 Å². The first-order valence-electron chi connectivity index (χ1n) is 6.35. The molecule has 2 rings (SSSR count). The predicted octanol–water partition coefficient (Wildman–Crippen LogP) is 1.21. The second kappa shape index (κ2) is 7.41. The molecule has 0 spiro atoms. The average Bonchev–Trinajstić information content (AvgIpc) is 3.00. The molecular formula is C14H13N3O4S. The topological polar surface area (TPSA) is 98.2 Å². The summed E-state index contributed by atoms with van der Waals surface area (Å²) in [4.78, 5) is 43.3. The first kappa shape index (κ1) is 15.8. The number of carbonyl (C=O) groups is 3. The molecule has 1 amide bonds. The summed E-state index contributed by atoms with van der Waals surface area (Å²) in [7, 11) is 0. The van der Waals surface area contributed by atoms with Crippen molar-refractivity contribution >= 4 is 29.0 Å². The minimum absolute atomic E-state index is 0.0489. The number of esters is 1. The Morgan fingerprint density at radius 3 is 2.77 bits per heavy atom. The van der Waals surface area contributed by atoms with Gasteiger partial charge in [0.15, 0.2) is 12.3 Å². The van der Waals surface area contributed by atoms with E-state index in [0.717, 1.165) is 4.88 Å². The molecule has 0 aliphatic carbocycles. The summed E-state index contributed by atoms with van der Waals surface area (Å²) in [6, 6.07) is 3.39. The van der Waals surface area contributed by atoms with Crippen molar-refractivity contribution in [1.29, 1.82) is 0 Å². The molecule has 0 atom stereocenters. The van der Waals surface area contributed by atoms with Gasteiger partial charge in [0.25, 0.3) is 0 Å². The number of amides is 1. The number of thiophene rings is 1. The molecule has 0 fully saturated rings. The number of nitrogens with one attached hydrogen (secondary N) is 1. The van der Waals surface area contributed by atoms with Crippen LogP contribution in [-0.4, -0.2) is 34.2 Å². The molecule has 0 saturated heterocycles. The Morgan fingerprint density at radius 1 is 1.27 bits per heavy atom. The van der Waals surface area contributed by atoms with E-state index in [-0.39, 0.29) is 24.0 Å². The molecule has 2 heterocycles. The molecule has 7 nitrogen and oxygen atoms in total. The Kier molecular flexibility index (Phi) is 5.31. The van der Waals surface area contributed by atoms with Crippen molar-refractivity contribution in [3.8, 4) is 0 Å². The maximum absolute atomic E-state index is 11.9. The van der Waals surface area contributed by atoms with Crippen LogP contribution in [0.3, 0.4) is 0 Å². The van der Waals surface area contributed by atoms with Gasteiger partial charge in [-0.05, 0) is 12.1 Å². The molecular weight excluding hydrogens is 306 g/mol. The SMILES string of the molecule is CC(=O)NCc1ccc(C(=O)COC(=O)c2cnccn2)s1. The fourth-order valence-electron chi connectivity index (χ4n) is 1.52. The van der Waals surface area contributed by atoms with E-state index in [1.807, 2.05) is 0 Å². The van der Waals surface area contributed by atoms with Crippen LogP contribution >= 0.6 is 11.3 Å². The van der Waals surface area contributed by atoms with E-state index in [9.17, 15) is 14.4 Å². The fourth-order valence-corrected chi connectivity index (χ4v) is 2.39.